The molecule has 13 heteroatoms. The third-order valence-corrected chi connectivity index (χ3v) is 6.66. The minimum atomic E-state index is -4.99. The van der Waals surface area contributed by atoms with Gasteiger partial charge in [-0.25, -0.2) is 4.39 Å². The van der Waals surface area contributed by atoms with Crippen molar-refractivity contribution in [2.24, 2.45) is 0 Å². The van der Waals surface area contributed by atoms with Gasteiger partial charge in [0.15, 0.2) is 0 Å². The van der Waals surface area contributed by atoms with E-state index >= 15 is 4.39 Å². The molecule has 8 nitrogen and oxygen atoms in total. The van der Waals surface area contributed by atoms with E-state index in [1.54, 1.807) is 6.92 Å². The van der Waals surface area contributed by atoms with Crippen molar-refractivity contribution >= 4 is 34.3 Å². The Morgan fingerprint density at radius 1 is 1.26 bits per heavy atom. The van der Waals surface area contributed by atoms with Crippen LogP contribution in [0.5, 0.6) is 5.75 Å². The van der Waals surface area contributed by atoms with Gasteiger partial charge >= 0.3 is 6.36 Å². The van der Waals surface area contributed by atoms with Crippen LogP contribution in [0.1, 0.15) is 50.0 Å². The molecule has 3 rings (SSSR count). The van der Waals surface area contributed by atoms with Crippen molar-refractivity contribution in [3.8, 4) is 5.75 Å². The Balaban J connectivity index is 2.04. The SMILES string of the molecule is CC[C@@](C)(CS(=O)[O-])NC(=O)c1cc(F)c2c(c1)C(C)(C)C(=O)N2c1cncc(OC(F)(F)F)c1. The standard InChI is InChI=1S/C22H23F4N3O5S/c1-5-21(4,11-35(32)33)28-18(30)12-6-15-17(16(23)7-12)29(19(31)20(15,2)3)13-8-14(10-27-9-13)34-22(24,25)26/h6-10H,5,11H2,1-4H3,(H,28,30)(H,32,33)/p-1/t21-/m0/s1. The molecule has 2 atom stereocenters. The van der Waals surface area contributed by atoms with E-state index in [4.69, 9.17) is 0 Å². The van der Waals surface area contributed by atoms with Crippen molar-refractivity contribution in [2.75, 3.05) is 10.7 Å². The molecule has 0 fully saturated rings. The van der Waals surface area contributed by atoms with Crippen LogP contribution in [0.25, 0.3) is 0 Å². The number of ether oxygens (including phenoxy) is 1. The van der Waals surface area contributed by atoms with Gasteiger partial charge in [0.25, 0.3) is 5.91 Å². The van der Waals surface area contributed by atoms with Gasteiger partial charge in [-0.2, -0.15) is 0 Å². The summed E-state index contributed by atoms with van der Waals surface area (Å²) in [6, 6.07) is 3.09. The van der Waals surface area contributed by atoms with E-state index in [9.17, 15) is 31.5 Å². The van der Waals surface area contributed by atoms with Crippen LogP contribution in [0, 0.1) is 5.82 Å². The quantitative estimate of drug-likeness (QED) is 0.442. The molecule has 35 heavy (non-hydrogen) atoms. The average molecular weight is 516 g/mol. The summed E-state index contributed by atoms with van der Waals surface area (Å²) in [7, 11) is 0. The summed E-state index contributed by atoms with van der Waals surface area (Å²) in [6.07, 6.45) is -2.83. The highest BCUT2D eigenvalue weighted by Crippen LogP contribution is 2.47. The fourth-order valence-corrected chi connectivity index (χ4v) is 4.52. The number of carbonyl (C=O) groups is 2. The van der Waals surface area contributed by atoms with E-state index in [0.29, 0.717) is 0 Å². The number of halogens is 4. The van der Waals surface area contributed by atoms with Crippen LogP contribution >= 0.6 is 0 Å². The number of fused-ring (bicyclic) bond motifs is 1. The first-order chi connectivity index (χ1) is 16.1. The largest absolute Gasteiger partial charge is 0.772 e. The molecule has 0 saturated heterocycles. The molecule has 1 aromatic heterocycles. The van der Waals surface area contributed by atoms with Gasteiger partial charge in [0.1, 0.15) is 11.6 Å². The van der Waals surface area contributed by atoms with E-state index in [0.717, 1.165) is 29.4 Å². The number of benzene rings is 1. The number of hydrogen-bond acceptors (Lipinski definition) is 6. The van der Waals surface area contributed by atoms with Gasteiger partial charge in [-0.1, -0.05) is 18.0 Å². The number of aromatic nitrogens is 1. The van der Waals surface area contributed by atoms with Crippen molar-refractivity contribution in [3.05, 3.63) is 47.5 Å². The molecule has 190 valence electrons. The van der Waals surface area contributed by atoms with Crippen molar-refractivity contribution in [2.45, 2.75) is 51.4 Å². The van der Waals surface area contributed by atoms with E-state index in [1.165, 1.54) is 26.8 Å². The molecule has 0 spiro atoms. The van der Waals surface area contributed by atoms with Gasteiger partial charge in [-0.3, -0.25) is 23.7 Å². The molecule has 1 aliphatic rings. The zero-order valence-electron chi connectivity index (χ0n) is 19.2. The highest BCUT2D eigenvalue weighted by molar-refractivity contribution is 7.79. The van der Waals surface area contributed by atoms with Crippen LogP contribution in [-0.4, -0.2) is 43.2 Å². The number of rotatable bonds is 7. The molecule has 1 N–H and O–H groups in total. The number of alkyl halides is 3. The summed E-state index contributed by atoms with van der Waals surface area (Å²) in [6.45, 7) is 6.17. The summed E-state index contributed by atoms with van der Waals surface area (Å²) in [5.74, 6) is -3.43. The predicted octanol–water partition coefficient (Wildman–Crippen LogP) is 3.85. The van der Waals surface area contributed by atoms with Crippen LogP contribution in [-0.2, 0) is 21.3 Å². The van der Waals surface area contributed by atoms with Gasteiger partial charge < -0.3 is 14.6 Å². The highest BCUT2D eigenvalue weighted by atomic mass is 32.2. The second-order valence-electron chi connectivity index (χ2n) is 8.86. The Labute approximate surface area is 201 Å². The van der Waals surface area contributed by atoms with Gasteiger partial charge in [0, 0.05) is 22.9 Å². The minimum absolute atomic E-state index is 0.125. The Morgan fingerprint density at radius 3 is 2.49 bits per heavy atom. The fraction of sp³-hybridized carbons (Fsp3) is 0.409. The topological polar surface area (TPSA) is 112 Å². The highest BCUT2D eigenvalue weighted by Gasteiger charge is 2.47. The third-order valence-electron chi connectivity index (χ3n) is 5.78. The van der Waals surface area contributed by atoms with Gasteiger partial charge in [0.05, 0.1) is 29.2 Å². The lowest BCUT2D eigenvalue weighted by molar-refractivity contribution is -0.274. The van der Waals surface area contributed by atoms with E-state index in [2.05, 4.69) is 15.0 Å². The maximum atomic E-state index is 15.4. The van der Waals surface area contributed by atoms with Crippen molar-refractivity contribution in [1.29, 1.82) is 0 Å². The second kappa shape index (κ2) is 9.19. The summed E-state index contributed by atoms with van der Waals surface area (Å²) in [5, 5.41) is 2.59. The summed E-state index contributed by atoms with van der Waals surface area (Å²) < 4.78 is 79.4. The molecule has 0 saturated carbocycles. The van der Waals surface area contributed by atoms with Crippen molar-refractivity contribution in [1.82, 2.24) is 10.3 Å². The number of anilines is 2. The number of nitrogens with zero attached hydrogens (tertiary/aromatic N) is 2. The maximum Gasteiger partial charge on any atom is 0.573 e. The Bertz CT molecular complexity index is 1200. The molecule has 0 bridgehead atoms. The van der Waals surface area contributed by atoms with Crippen LogP contribution in [0.2, 0.25) is 0 Å². The van der Waals surface area contributed by atoms with Gasteiger partial charge in [0.2, 0.25) is 5.91 Å². The van der Waals surface area contributed by atoms with Crippen LogP contribution < -0.4 is 15.0 Å². The molecule has 1 aliphatic heterocycles. The zero-order chi connectivity index (χ0) is 26.3. The van der Waals surface area contributed by atoms with Gasteiger partial charge in [-0.15, -0.1) is 13.2 Å². The lowest BCUT2D eigenvalue weighted by atomic mass is 9.85. The monoisotopic (exact) mass is 516 g/mol. The van der Waals surface area contributed by atoms with Crippen LogP contribution in [0.3, 0.4) is 0 Å². The normalized spacial score (nSPS) is 17.5. The molecular weight excluding hydrogens is 494 g/mol. The second-order valence-corrected chi connectivity index (χ2v) is 9.76. The summed E-state index contributed by atoms with van der Waals surface area (Å²) in [5.41, 5.74) is -2.87. The lowest BCUT2D eigenvalue weighted by Gasteiger charge is -2.30. The van der Waals surface area contributed by atoms with Crippen molar-refractivity contribution in [3.63, 3.8) is 0 Å². The number of amides is 2. The number of nitrogens with one attached hydrogen (secondary N) is 1. The number of carbonyl (C=O) groups excluding carboxylic acids is 2. The molecule has 2 heterocycles. The van der Waals surface area contributed by atoms with E-state index < -0.39 is 51.8 Å². The lowest BCUT2D eigenvalue weighted by Crippen LogP contribution is -2.49. The number of pyridine rings is 1. The van der Waals surface area contributed by atoms with Crippen LogP contribution in [0.15, 0.2) is 30.6 Å². The first-order valence-corrected chi connectivity index (χ1v) is 11.6. The smallest absolute Gasteiger partial charge is 0.573 e. The molecular formula is C22H22F4N3O5S-. The minimum Gasteiger partial charge on any atom is -0.772 e. The Hall–Kier alpha value is -3.06. The predicted molar refractivity (Wildman–Crippen MR) is 117 cm³/mol. The summed E-state index contributed by atoms with van der Waals surface area (Å²) >= 11 is -2.44. The van der Waals surface area contributed by atoms with E-state index in [-0.39, 0.29) is 34.7 Å². The first-order valence-electron chi connectivity index (χ1n) is 10.4. The third kappa shape index (κ3) is 5.45. The Morgan fingerprint density at radius 2 is 1.91 bits per heavy atom. The van der Waals surface area contributed by atoms with Crippen molar-refractivity contribution < 1.29 is 40.6 Å². The van der Waals surface area contributed by atoms with E-state index in [1.807, 2.05) is 0 Å². The fourth-order valence-electron chi connectivity index (χ4n) is 3.73. The van der Waals surface area contributed by atoms with Gasteiger partial charge in [-0.05, 0) is 44.9 Å². The van der Waals surface area contributed by atoms with Crippen LogP contribution in [0.4, 0.5) is 28.9 Å². The number of hydrogen-bond donors (Lipinski definition) is 1. The summed E-state index contributed by atoms with van der Waals surface area (Å²) in [4.78, 5) is 30.6. The molecule has 1 unspecified atom stereocenters. The molecule has 2 amide bonds. The molecule has 0 aliphatic carbocycles. The molecule has 1 aromatic carbocycles. The maximum absolute atomic E-state index is 15.4. The molecule has 0 radical (unpaired) electrons. The zero-order valence-corrected chi connectivity index (χ0v) is 20.0. The average Bonchev–Trinajstić information content (AvgIpc) is 2.93. The molecule has 2 aromatic rings. The Kier molecular flexibility index (Phi) is 6.97. The first kappa shape index (κ1) is 26.5.